The molecule has 0 radical (unpaired) electrons. The molecule has 0 aliphatic carbocycles. The molecule has 0 aromatic rings. The number of aliphatic hydroxyl groups excluding tert-OH is 2. The fraction of sp³-hybridized carbons (Fsp3) is 1.00. The topological polar surface area (TPSA) is 49.7 Å². The largest absolute Gasteiger partial charge is 0.394 e. The van der Waals surface area contributed by atoms with Crippen molar-refractivity contribution in [2.45, 2.75) is 20.0 Å². The van der Waals surface area contributed by atoms with Crippen LogP contribution in [0.5, 0.6) is 0 Å². The molecule has 0 rings (SSSR count). The van der Waals surface area contributed by atoms with Gasteiger partial charge in [0.1, 0.15) is 0 Å². The first kappa shape index (κ1) is 11.6. The van der Waals surface area contributed by atoms with E-state index in [9.17, 15) is 0 Å². The minimum absolute atomic E-state index is 0.122. The monoisotopic (exact) mass is 136 g/mol. The molecule has 0 spiro atoms. The average molecular weight is 136 g/mol. The van der Waals surface area contributed by atoms with E-state index < -0.39 is 0 Å². The average Bonchev–Trinajstić information content (AvgIpc) is 1.66. The summed E-state index contributed by atoms with van der Waals surface area (Å²) in [5.41, 5.74) is 0. The van der Waals surface area contributed by atoms with Gasteiger partial charge in [0.05, 0.1) is 13.2 Å². The maximum Gasteiger partial charge on any atom is 0.0693 e. The van der Waals surface area contributed by atoms with Gasteiger partial charge >= 0.3 is 0 Å². The van der Waals surface area contributed by atoms with Gasteiger partial charge in [-0.05, 0) is 13.8 Å². The summed E-state index contributed by atoms with van der Waals surface area (Å²) < 4.78 is 4.44. The van der Waals surface area contributed by atoms with Crippen LogP contribution < -0.4 is 0 Å². The van der Waals surface area contributed by atoms with Crippen molar-refractivity contribution in [2.24, 2.45) is 0 Å². The summed E-state index contributed by atoms with van der Waals surface area (Å²) >= 11 is 0. The van der Waals surface area contributed by atoms with E-state index in [1.165, 1.54) is 0 Å². The van der Waals surface area contributed by atoms with Gasteiger partial charge in [0.15, 0.2) is 0 Å². The van der Waals surface area contributed by atoms with E-state index in [0.29, 0.717) is 6.61 Å². The highest BCUT2D eigenvalue weighted by atomic mass is 16.5. The molecule has 0 aliphatic heterocycles. The van der Waals surface area contributed by atoms with Gasteiger partial charge < -0.3 is 14.9 Å². The van der Waals surface area contributed by atoms with Gasteiger partial charge in [-0.25, -0.2) is 0 Å². The minimum Gasteiger partial charge on any atom is -0.394 e. The number of methoxy groups -OCH3 is 1. The van der Waals surface area contributed by atoms with Crippen LogP contribution in [0.25, 0.3) is 0 Å². The van der Waals surface area contributed by atoms with Crippen LogP contribution in [0.3, 0.4) is 0 Å². The third-order valence-electron chi connectivity index (χ3n) is 0.295. The maximum absolute atomic E-state index is 8.06. The van der Waals surface area contributed by atoms with E-state index >= 15 is 0 Å². The predicted octanol–water partition coefficient (Wildman–Crippen LogP) is 0.0122. The Balaban J connectivity index is 0. The zero-order valence-electron chi connectivity index (χ0n) is 6.29. The van der Waals surface area contributed by atoms with Crippen molar-refractivity contribution in [3.63, 3.8) is 0 Å². The van der Waals surface area contributed by atoms with E-state index in [4.69, 9.17) is 10.2 Å². The van der Waals surface area contributed by atoms with Crippen LogP contribution in [0, 0.1) is 0 Å². The molecule has 58 valence electrons. The summed E-state index contributed by atoms with van der Waals surface area (Å²) in [6.45, 7) is 4.01. The van der Waals surface area contributed by atoms with Crippen LogP contribution in [0.1, 0.15) is 13.8 Å². The van der Waals surface area contributed by atoms with E-state index in [1.807, 2.05) is 0 Å². The van der Waals surface area contributed by atoms with Crippen molar-refractivity contribution < 1.29 is 14.9 Å². The summed E-state index contributed by atoms with van der Waals surface area (Å²) in [5, 5.41) is 16.0. The molecule has 0 heterocycles. The van der Waals surface area contributed by atoms with Crippen LogP contribution in [-0.4, -0.2) is 36.6 Å². The van der Waals surface area contributed by atoms with Crippen molar-refractivity contribution in [3.05, 3.63) is 0 Å². The van der Waals surface area contributed by atoms with Gasteiger partial charge in [-0.15, -0.1) is 0 Å². The molecule has 2 N–H and O–H groups in total. The van der Waals surface area contributed by atoms with Gasteiger partial charge in [0, 0.05) is 13.2 Å². The lowest BCUT2D eigenvalue weighted by molar-refractivity contribution is 0.135. The van der Waals surface area contributed by atoms with Crippen LogP contribution in [0.15, 0.2) is 0 Å². The molecule has 0 unspecified atom stereocenters. The van der Waals surface area contributed by atoms with Crippen molar-refractivity contribution in [1.82, 2.24) is 0 Å². The second-order valence-corrected chi connectivity index (χ2v) is 1.81. The van der Waals surface area contributed by atoms with E-state index in [0.717, 1.165) is 0 Å². The molecule has 0 aliphatic rings. The molecule has 0 amide bonds. The Morgan fingerprint density at radius 1 is 1.44 bits per heavy atom. The second-order valence-electron chi connectivity index (χ2n) is 1.81. The molecule has 0 aromatic heterocycles. The molecule has 0 saturated heterocycles. The number of rotatable bonds is 2. The predicted molar refractivity (Wildman–Crippen MR) is 36.3 cm³/mol. The Morgan fingerprint density at radius 2 is 1.78 bits per heavy atom. The van der Waals surface area contributed by atoms with Gasteiger partial charge in [-0.2, -0.15) is 0 Å². The maximum atomic E-state index is 8.06. The highest BCUT2D eigenvalue weighted by Crippen LogP contribution is 1.65. The summed E-state index contributed by atoms with van der Waals surface area (Å²) in [5.74, 6) is 0. The Hall–Kier alpha value is -0.120. The lowest BCUT2D eigenvalue weighted by atomic mass is 10.5. The number of hydrogen-bond donors (Lipinski definition) is 2. The lowest BCUT2D eigenvalue weighted by Crippen LogP contribution is -1.91. The first-order valence-corrected chi connectivity index (χ1v) is 2.93. The smallest absolute Gasteiger partial charge is 0.0693 e. The van der Waals surface area contributed by atoms with Gasteiger partial charge in [-0.1, -0.05) is 0 Å². The van der Waals surface area contributed by atoms with Gasteiger partial charge in [-0.3, -0.25) is 0 Å². The summed E-state index contributed by atoms with van der Waals surface area (Å²) in [6, 6.07) is 0. The van der Waals surface area contributed by atoms with Crippen LogP contribution >= 0.6 is 0 Å². The fourth-order valence-electron chi connectivity index (χ4n) is 0.0913. The van der Waals surface area contributed by atoms with Gasteiger partial charge in [0.25, 0.3) is 0 Å². The van der Waals surface area contributed by atoms with Crippen LogP contribution in [-0.2, 0) is 4.74 Å². The molecule has 3 nitrogen and oxygen atoms in total. The van der Waals surface area contributed by atoms with Gasteiger partial charge in [0.2, 0.25) is 0 Å². The highest BCUT2D eigenvalue weighted by molar-refractivity contribution is 4.20. The molecule has 0 aromatic carbocycles. The third kappa shape index (κ3) is 77.1. The summed E-state index contributed by atoms with van der Waals surface area (Å²) in [6.07, 6.45) is -0.167. The SMILES string of the molecule is CC(C)O.COCCO. The number of ether oxygens (including phenoxy) is 1. The van der Waals surface area contributed by atoms with E-state index in [1.54, 1.807) is 21.0 Å². The Morgan fingerprint density at radius 3 is 1.78 bits per heavy atom. The van der Waals surface area contributed by atoms with E-state index in [-0.39, 0.29) is 12.7 Å². The first-order chi connectivity index (χ1) is 4.15. The second kappa shape index (κ2) is 10.8. The molecule has 0 bridgehead atoms. The Bertz CT molecular complexity index is 32.5. The third-order valence-corrected chi connectivity index (χ3v) is 0.295. The summed E-state index contributed by atoms with van der Waals surface area (Å²) in [4.78, 5) is 0. The standard InChI is InChI=1S/C3H8O2.C3H8O/c1-5-3-2-4;1-3(2)4/h4H,2-3H2,1H3;3-4H,1-2H3. The Kier molecular flexibility index (Phi) is 14.0. The molecular formula is C6H16O3. The van der Waals surface area contributed by atoms with Crippen molar-refractivity contribution in [2.75, 3.05) is 20.3 Å². The van der Waals surface area contributed by atoms with Crippen LogP contribution in [0.4, 0.5) is 0 Å². The first-order valence-electron chi connectivity index (χ1n) is 2.93. The zero-order valence-corrected chi connectivity index (χ0v) is 6.29. The van der Waals surface area contributed by atoms with Crippen molar-refractivity contribution in [3.8, 4) is 0 Å². The number of aliphatic hydroxyl groups is 2. The highest BCUT2D eigenvalue weighted by Gasteiger charge is 1.69. The minimum atomic E-state index is -0.167. The quantitative estimate of drug-likeness (QED) is 0.562. The normalized spacial score (nSPS) is 8.67. The van der Waals surface area contributed by atoms with Crippen molar-refractivity contribution in [1.29, 1.82) is 0 Å². The number of hydrogen-bond acceptors (Lipinski definition) is 3. The molecule has 9 heavy (non-hydrogen) atoms. The fourth-order valence-corrected chi connectivity index (χ4v) is 0.0913. The van der Waals surface area contributed by atoms with Crippen molar-refractivity contribution >= 4 is 0 Å². The molecule has 3 heteroatoms. The van der Waals surface area contributed by atoms with Crippen LogP contribution in [0.2, 0.25) is 0 Å². The molecule has 0 atom stereocenters. The summed E-state index contributed by atoms with van der Waals surface area (Å²) in [7, 11) is 1.55. The molecule has 0 fully saturated rings. The van der Waals surface area contributed by atoms with E-state index in [2.05, 4.69) is 4.74 Å². The molecular weight excluding hydrogens is 120 g/mol. The zero-order chi connectivity index (χ0) is 7.70. The Labute approximate surface area is 56.3 Å². The molecule has 0 saturated carbocycles. The lowest BCUT2D eigenvalue weighted by Gasteiger charge is -1.84.